The molecule has 0 saturated carbocycles. The zero-order valence-electron chi connectivity index (χ0n) is 20.7. The minimum Gasteiger partial charge on any atom is -0.444 e. The number of nitrogens with one attached hydrogen (secondary N) is 1. The van der Waals surface area contributed by atoms with Gasteiger partial charge in [-0.2, -0.15) is 4.98 Å². The van der Waals surface area contributed by atoms with Crippen LogP contribution in [-0.4, -0.2) is 56.2 Å². The number of halogens is 1. The van der Waals surface area contributed by atoms with E-state index >= 15 is 0 Å². The van der Waals surface area contributed by atoms with Crippen LogP contribution in [0.4, 0.5) is 10.7 Å². The van der Waals surface area contributed by atoms with Crippen LogP contribution in [0.1, 0.15) is 39.2 Å². The number of carbonyl (C=O) groups excluding carboxylic acids is 1. The first-order valence-electron chi connectivity index (χ1n) is 11.6. The lowest BCUT2D eigenvalue weighted by Crippen LogP contribution is -2.49. The molecule has 1 aliphatic rings. The summed E-state index contributed by atoms with van der Waals surface area (Å²) in [6.07, 6.45) is 3.13. The summed E-state index contributed by atoms with van der Waals surface area (Å²) in [7, 11) is 1.72. The van der Waals surface area contributed by atoms with E-state index < -0.39 is 11.7 Å². The summed E-state index contributed by atoms with van der Waals surface area (Å²) < 4.78 is 8.88. The summed E-state index contributed by atoms with van der Waals surface area (Å²) >= 11 is 7.87. The first-order valence-corrected chi connectivity index (χ1v) is 13.2. The number of nitrogens with zero attached hydrogens (tertiary/aromatic N) is 5. The van der Waals surface area contributed by atoms with E-state index in [1.807, 2.05) is 55.9 Å². The fourth-order valence-corrected chi connectivity index (χ4v) is 4.98. The number of rotatable bonds is 5. The van der Waals surface area contributed by atoms with Crippen molar-refractivity contribution in [1.82, 2.24) is 24.4 Å². The zero-order chi connectivity index (χ0) is 25.3. The summed E-state index contributed by atoms with van der Waals surface area (Å²) in [6, 6.07) is 7.46. The predicted octanol–water partition coefficient (Wildman–Crippen LogP) is 4.05. The predicted molar refractivity (Wildman–Crippen MR) is 140 cm³/mol. The van der Waals surface area contributed by atoms with Crippen LogP contribution < -0.4 is 15.8 Å². The van der Waals surface area contributed by atoms with Gasteiger partial charge in [0, 0.05) is 31.2 Å². The molecule has 0 radical (unpaired) electrons. The van der Waals surface area contributed by atoms with Crippen LogP contribution in [0.2, 0.25) is 5.02 Å². The van der Waals surface area contributed by atoms with Gasteiger partial charge < -0.3 is 15.0 Å². The van der Waals surface area contributed by atoms with Gasteiger partial charge in [-0.05, 0) is 51.5 Å². The van der Waals surface area contributed by atoms with Crippen molar-refractivity contribution in [3.8, 4) is 0 Å². The standard InChI is InChI=1S/C24H31ClN6O3S/c1-24(2,3)34-23(33)26-16-10-8-12-30(14-16)21-27-19-18(20(32)29(4)22(28-19)35-5)31(21)13-15-9-6-7-11-17(15)25/h6-7,9,11,16H,8,10,12-14H2,1-5H3,(H,26,33)/t16-/m1/s1. The summed E-state index contributed by atoms with van der Waals surface area (Å²) in [5.41, 5.74) is 0.989. The molecule has 2 aromatic heterocycles. The molecule has 1 amide bonds. The van der Waals surface area contributed by atoms with Gasteiger partial charge in [0.25, 0.3) is 5.56 Å². The van der Waals surface area contributed by atoms with Gasteiger partial charge in [0.05, 0.1) is 6.54 Å². The molecule has 9 nitrogen and oxygen atoms in total. The number of fused-ring (bicyclic) bond motifs is 1. The van der Waals surface area contributed by atoms with Crippen molar-refractivity contribution in [2.75, 3.05) is 24.2 Å². The smallest absolute Gasteiger partial charge is 0.407 e. The fourth-order valence-electron chi connectivity index (χ4n) is 4.25. The van der Waals surface area contributed by atoms with Gasteiger partial charge in [-0.25, -0.2) is 9.78 Å². The van der Waals surface area contributed by atoms with Crippen LogP contribution in [0.5, 0.6) is 0 Å². The zero-order valence-corrected chi connectivity index (χ0v) is 22.2. The van der Waals surface area contributed by atoms with E-state index in [-0.39, 0.29) is 11.6 Å². The quantitative estimate of drug-likeness (QED) is 0.402. The molecule has 1 aromatic carbocycles. The third-order valence-electron chi connectivity index (χ3n) is 5.82. The van der Waals surface area contributed by atoms with E-state index in [0.29, 0.717) is 40.4 Å². The first kappa shape index (κ1) is 25.4. The Morgan fingerprint density at radius 2 is 2.03 bits per heavy atom. The molecule has 0 unspecified atom stereocenters. The van der Waals surface area contributed by atoms with E-state index in [9.17, 15) is 9.59 Å². The Kier molecular flexibility index (Phi) is 7.32. The largest absolute Gasteiger partial charge is 0.444 e. The molecule has 3 heterocycles. The Hall–Kier alpha value is -2.72. The monoisotopic (exact) mass is 518 g/mol. The molecule has 1 N–H and O–H groups in total. The van der Waals surface area contributed by atoms with E-state index in [4.69, 9.17) is 21.3 Å². The van der Waals surface area contributed by atoms with Crippen molar-refractivity contribution in [3.63, 3.8) is 0 Å². The topological polar surface area (TPSA) is 94.3 Å². The highest BCUT2D eigenvalue weighted by molar-refractivity contribution is 7.98. The minimum atomic E-state index is -0.567. The molecule has 0 bridgehead atoms. The third kappa shape index (κ3) is 5.59. The van der Waals surface area contributed by atoms with Gasteiger partial charge in [0.2, 0.25) is 5.95 Å². The molecular formula is C24H31ClN6O3S. The average Bonchev–Trinajstić information content (AvgIpc) is 3.15. The number of imidazole rings is 1. The molecule has 1 atom stereocenters. The van der Waals surface area contributed by atoms with Gasteiger partial charge in [0.1, 0.15) is 5.60 Å². The van der Waals surface area contributed by atoms with Crippen LogP contribution in [0.15, 0.2) is 34.2 Å². The Balaban J connectivity index is 1.73. The fraction of sp³-hybridized carbons (Fsp3) is 0.500. The van der Waals surface area contributed by atoms with Crippen molar-refractivity contribution < 1.29 is 9.53 Å². The van der Waals surface area contributed by atoms with Crippen molar-refractivity contribution in [3.05, 3.63) is 45.2 Å². The lowest BCUT2D eigenvalue weighted by Gasteiger charge is -2.34. The van der Waals surface area contributed by atoms with Crippen molar-refractivity contribution in [1.29, 1.82) is 0 Å². The highest BCUT2D eigenvalue weighted by atomic mass is 35.5. The summed E-state index contributed by atoms with van der Waals surface area (Å²) in [4.78, 5) is 37.3. The van der Waals surface area contributed by atoms with Gasteiger partial charge in [-0.1, -0.05) is 41.6 Å². The number of hydrogen-bond acceptors (Lipinski definition) is 7. The molecule has 4 rings (SSSR count). The molecular weight excluding hydrogens is 488 g/mol. The second kappa shape index (κ2) is 10.1. The Bertz CT molecular complexity index is 1300. The maximum atomic E-state index is 13.4. The van der Waals surface area contributed by atoms with Crippen LogP contribution >= 0.6 is 23.4 Å². The Labute approximate surface area is 213 Å². The van der Waals surface area contributed by atoms with Crippen LogP contribution in [-0.2, 0) is 18.3 Å². The average molecular weight is 519 g/mol. The van der Waals surface area contributed by atoms with E-state index in [0.717, 1.165) is 24.9 Å². The first-order chi connectivity index (χ1) is 16.6. The SMILES string of the molecule is CSc1nc2nc(N3CCC[C@@H](NC(=O)OC(C)(C)C)C3)n(Cc3ccccc3Cl)c2c(=O)n1C. The second-order valence-electron chi connectivity index (χ2n) is 9.66. The normalized spacial score (nSPS) is 16.5. The van der Waals surface area contributed by atoms with Gasteiger partial charge in [0.15, 0.2) is 16.3 Å². The molecule has 3 aromatic rings. The molecule has 35 heavy (non-hydrogen) atoms. The highest BCUT2D eigenvalue weighted by Gasteiger charge is 2.29. The van der Waals surface area contributed by atoms with Crippen molar-refractivity contribution >= 4 is 46.6 Å². The summed E-state index contributed by atoms with van der Waals surface area (Å²) in [5.74, 6) is 0.637. The maximum absolute atomic E-state index is 13.4. The minimum absolute atomic E-state index is 0.107. The number of aromatic nitrogens is 4. The lowest BCUT2D eigenvalue weighted by atomic mass is 10.1. The number of alkyl carbamates (subject to hydrolysis) is 1. The van der Waals surface area contributed by atoms with E-state index in [1.54, 1.807) is 11.6 Å². The molecule has 1 aliphatic heterocycles. The number of piperidine rings is 1. The molecule has 1 fully saturated rings. The molecule has 0 aliphatic carbocycles. The number of thioether (sulfide) groups is 1. The number of hydrogen-bond donors (Lipinski definition) is 1. The number of benzene rings is 1. The molecule has 188 valence electrons. The van der Waals surface area contributed by atoms with E-state index in [2.05, 4.69) is 15.2 Å². The van der Waals surface area contributed by atoms with Crippen LogP contribution in [0, 0.1) is 0 Å². The number of ether oxygens (including phenoxy) is 1. The molecule has 0 spiro atoms. The number of anilines is 1. The molecule has 11 heteroatoms. The second-order valence-corrected chi connectivity index (χ2v) is 10.8. The lowest BCUT2D eigenvalue weighted by molar-refractivity contribution is 0.0500. The Morgan fingerprint density at radius 1 is 1.29 bits per heavy atom. The van der Waals surface area contributed by atoms with Crippen molar-refractivity contribution in [2.24, 2.45) is 7.05 Å². The van der Waals surface area contributed by atoms with Crippen LogP contribution in [0.25, 0.3) is 11.2 Å². The van der Waals surface area contributed by atoms with Gasteiger partial charge in [-0.15, -0.1) is 0 Å². The number of carbonyl (C=O) groups is 1. The Morgan fingerprint density at radius 3 is 2.71 bits per heavy atom. The maximum Gasteiger partial charge on any atom is 0.407 e. The van der Waals surface area contributed by atoms with Crippen LogP contribution in [0.3, 0.4) is 0 Å². The highest BCUT2D eigenvalue weighted by Crippen LogP contribution is 2.27. The number of amides is 1. The van der Waals surface area contributed by atoms with Gasteiger partial charge >= 0.3 is 6.09 Å². The van der Waals surface area contributed by atoms with E-state index in [1.165, 1.54) is 11.8 Å². The summed E-state index contributed by atoms with van der Waals surface area (Å²) in [6.45, 7) is 7.18. The van der Waals surface area contributed by atoms with Crippen molar-refractivity contribution in [2.45, 2.75) is 57.0 Å². The van der Waals surface area contributed by atoms with Gasteiger partial charge in [-0.3, -0.25) is 13.9 Å². The summed E-state index contributed by atoms with van der Waals surface area (Å²) in [5, 5.41) is 4.20. The molecule has 1 saturated heterocycles. The third-order valence-corrected chi connectivity index (χ3v) is 6.92.